The van der Waals surface area contributed by atoms with E-state index in [1.165, 1.54) is 0 Å². The Morgan fingerprint density at radius 2 is 2.14 bits per heavy atom. The van der Waals surface area contributed by atoms with Crippen molar-refractivity contribution in [1.82, 2.24) is 9.88 Å². The molecule has 7 heteroatoms. The Morgan fingerprint density at radius 1 is 1.32 bits per heavy atom. The van der Waals surface area contributed by atoms with Gasteiger partial charge in [-0.25, -0.2) is 4.98 Å². The predicted octanol–water partition coefficient (Wildman–Crippen LogP) is 0.0426. The highest BCUT2D eigenvalue weighted by molar-refractivity contribution is 5.93. The van der Waals surface area contributed by atoms with Crippen molar-refractivity contribution >= 4 is 5.91 Å². The van der Waals surface area contributed by atoms with E-state index in [2.05, 4.69) is 4.98 Å². The van der Waals surface area contributed by atoms with Gasteiger partial charge in [0.25, 0.3) is 5.91 Å². The summed E-state index contributed by atoms with van der Waals surface area (Å²) in [4.78, 5) is 18.7. The maximum Gasteiger partial charge on any atom is 0.272 e. The molecule has 22 heavy (non-hydrogen) atoms. The second kappa shape index (κ2) is 5.10. The SMILES string of the molecule is N[C@@]12CCOC[C@@H]1CN(C(=O)c1cc3c(cn1)OCCO3)C2. The molecule has 2 saturated heterocycles. The molecule has 0 unspecified atom stereocenters. The number of aromatic nitrogens is 1. The van der Waals surface area contributed by atoms with Crippen LogP contribution in [0.3, 0.4) is 0 Å². The Hall–Kier alpha value is -1.86. The summed E-state index contributed by atoms with van der Waals surface area (Å²) in [6.45, 7) is 3.44. The Balaban J connectivity index is 1.55. The molecule has 0 bridgehead atoms. The van der Waals surface area contributed by atoms with Gasteiger partial charge in [-0.15, -0.1) is 0 Å². The van der Waals surface area contributed by atoms with Crippen LogP contribution in [0.25, 0.3) is 0 Å². The third kappa shape index (κ3) is 2.21. The maximum atomic E-state index is 12.7. The van der Waals surface area contributed by atoms with Crippen molar-refractivity contribution in [2.24, 2.45) is 11.7 Å². The van der Waals surface area contributed by atoms with Crippen molar-refractivity contribution < 1.29 is 19.0 Å². The van der Waals surface area contributed by atoms with Crippen LogP contribution in [0.15, 0.2) is 12.3 Å². The fourth-order valence-corrected chi connectivity index (χ4v) is 3.37. The number of rotatable bonds is 1. The zero-order chi connectivity index (χ0) is 15.2. The van der Waals surface area contributed by atoms with Crippen LogP contribution >= 0.6 is 0 Å². The van der Waals surface area contributed by atoms with Crippen LogP contribution in [0.1, 0.15) is 16.9 Å². The Kier molecular flexibility index (Phi) is 3.19. The zero-order valence-electron chi connectivity index (χ0n) is 12.3. The van der Waals surface area contributed by atoms with Crippen molar-refractivity contribution in [1.29, 1.82) is 0 Å². The molecule has 118 valence electrons. The molecule has 0 saturated carbocycles. The van der Waals surface area contributed by atoms with Crippen molar-refractivity contribution in [2.45, 2.75) is 12.0 Å². The monoisotopic (exact) mass is 305 g/mol. The molecule has 4 heterocycles. The minimum atomic E-state index is -0.332. The number of carbonyl (C=O) groups excluding carboxylic acids is 1. The lowest BCUT2D eigenvalue weighted by atomic mass is 9.84. The molecule has 1 amide bonds. The van der Waals surface area contributed by atoms with E-state index in [1.807, 2.05) is 0 Å². The molecule has 7 nitrogen and oxygen atoms in total. The average molecular weight is 305 g/mol. The number of nitrogens with zero attached hydrogens (tertiary/aromatic N) is 2. The number of hydrogen-bond donors (Lipinski definition) is 1. The van der Waals surface area contributed by atoms with Crippen LogP contribution in [0.4, 0.5) is 0 Å². The van der Waals surface area contributed by atoms with Crippen molar-refractivity contribution in [2.75, 3.05) is 39.5 Å². The van der Waals surface area contributed by atoms with Gasteiger partial charge >= 0.3 is 0 Å². The lowest BCUT2D eigenvalue weighted by Crippen LogP contribution is -2.52. The van der Waals surface area contributed by atoms with E-state index in [9.17, 15) is 4.79 Å². The van der Waals surface area contributed by atoms with Gasteiger partial charge in [0.05, 0.1) is 12.8 Å². The van der Waals surface area contributed by atoms with Gasteiger partial charge in [0, 0.05) is 37.2 Å². The summed E-state index contributed by atoms with van der Waals surface area (Å²) in [5.41, 5.74) is 6.48. The summed E-state index contributed by atoms with van der Waals surface area (Å²) in [6.07, 6.45) is 2.34. The number of carbonyl (C=O) groups is 1. The largest absolute Gasteiger partial charge is 0.486 e. The summed E-state index contributed by atoms with van der Waals surface area (Å²) in [5.74, 6) is 1.24. The molecule has 2 atom stereocenters. The number of fused-ring (bicyclic) bond motifs is 2. The number of pyridine rings is 1. The normalized spacial score (nSPS) is 30.0. The summed E-state index contributed by atoms with van der Waals surface area (Å²) in [6, 6.07) is 1.65. The van der Waals surface area contributed by atoms with Crippen LogP contribution in [0, 0.1) is 5.92 Å². The lowest BCUT2D eigenvalue weighted by Gasteiger charge is -2.34. The third-order valence-corrected chi connectivity index (χ3v) is 4.71. The minimum Gasteiger partial charge on any atom is -0.486 e. The molecule has 0 radical (unpaired) electrons. The second-order valence-electron chi connectivity index (χ2n) is 6.15. The van der Waals surface area contributed by atoms with E-state index in [0.717, 1.165) is 6.42 Å². The summed E-state index contributed by atoms with van der Waals surface area (Å²) < 4.78 is 16.4. The average Bonchev–Trinajstić information content (AvgIpc) is 2.91. The number of hydrogen-bond acceptors (Lipinski definition) is 6. The van der Waals surface area contributed by atoms with E-state index in [0.29, 0.717) is 56.7 Å². The smallest absolute Gasteiger partial charge is 0.272 e. The van der Waals surface area contributed by atoms with Crippen molar-refractivity contribution in [3.63, 3.8) is 0 Å². The van der Waals surface area contributed by atoms with Gasteiger partial charge in [-0.1, -0.05) is 0 Å². The molecule has 1 aromatic rings. The first-order chi connectivity index (χ1) is 10.7. The number of amides is 1. The quantitative estimate of drug-likeness (QED) is 0.788. The molecule has 2 N–H and O–H groups in total. The molecular formula is C15H19N3O4. The highest BCUT2D eigenvalue weighted by Gasteiger charge is 2.47. The van der Waals surface area contributed by atoms with Crippen LogP contribution in [0.5, 0.6) is 11.5 Å². The van der Waals surface area contributed by atoms with Gasteiger partial charge < -0.3 is 24.8 Å². The summed E-state index contributed by atoms with van der Waals surface area (Å²) in [7, 11) is 0. The van der Waals surface area contributed by atoms with E-state index in [-0.39, 0.29) is 17.4 Å². The molecule has 0 spiro atoms. The first-order valence-electron chi connectivity index (χ1n) is 7.57. The molecule has 4 rings (SSSR count). The molecule has 3 aliphatic rings. The van der Waals surface area contributed by atoms with Gasteiger partial charge in [-0.2, -0.15) is 0 Å². The number of likely N-dealkylation sites (tertiary alicyclic amines) is 1. The van der Waals surface area contributed by atoms with Crippen LogP contribution in [-0.4, -0.2) is 60.8 Å². The third-order valence-electron chi connectivity index (χ3n) is 4.71. The fraction of sp³-hybridized carbons (Fsp3) is 0.600. The topological polar surface area (TPSA) is 86.9 Å². The van der Waals surface area contributed by atoms with Gasteiger partial charge in [0.1, 0.15) is 18.9 Å². The lowest BCUT2D eigenvalue weighted by molar-refractivity contribution is 0.0241. The highest BCUT2D eigenvalue weighted by atomic mass is 16.6. The van der Waals surface area contributed by atoms with Crippen LogP contribution in [0.2, 0.25) is 0 Å². The number of ether oxygens (including phenoxy) is 3. The fourth-order valence-electron chi connectivity index (χ4n) is 3.37. The summed E-state index contributed by atoms with van der Waals surface area (Å²) >= 11 is 0. The molecular weight excluding hydrogens is 286 g/mol. The van der Waals surface area contributed by atoms with Crippen LogP contribution in [-0.2, 0) is 4.74 Å². The molecule has 1 aromatic heterocycles. The van der Waals surface area contributed by atoms with Gasteiger partial charge in [-0.3, -0.25) is 4.79 Å². The maximum absolute atomic E-state index is 12.7. The van der Waals surface area contributed by atoms with Gasteiger partial charge in [-0.05, 0) is 6.42 Å². The molecule has 2 fully saturated rings. The minimum absolute atomic E-state index is 0.115. The van der Waals surface area contributed by atoms with E-state index < -0.39 is 0 Å². The Labute approximate surface area is 128 Å². The zero-order valence-corrected chi connectivity index (χ0v) is 12.3. The highest BCUT2D eigenvalue weighted by Crippen LogP contribution is 2.34. The van der Waals surface area contributed by atoms with Crippen molar-refractivity contribution in [3.05, 3.63) is 18.0 Å². The predicted molar refractivity (Wildman–Crippen MR) is 77.0 cm³/mol. The van der Waals surface area contributed by atoms with Gasteiger partial charge in [0.2, 0.25) is 0 Å². The molecule has 0 aromatic carbocycles. The van der Waals surface area contributed by atoms with E-state index in [1.54, 1.807) is 17.2 Å². The van der Waals surface area contributed by atoms with Crippen molar-refractivity contribution in [3.8, 4) is 11.5 Å². The van der Waals surface area contributed by atoms with E-state index in [4.69, 9.17) is 19.9 Å². The first-order valence-corrected chi connectivity index (χ1v) is 7.57. The standard InChI is InChI=1S/C15H19N3O4/c16-15-1-2-20-8-10(15)7-18(9-15)14(19)11-5-12-13(6-17-11)22-4-3-21-12/h5-6,10H,1-4,7-9,16H2/t10-,15+/m0/s1. The molecule has 3 aliphatic heterocycles. The first kappa shape index (κ1) is 13.8. The molecule has 0 aliphatic carbocycles. The number of nitrogens with two attached hydrogens (primary N) is 1. The summed E-state index contributed by atoms with van der Waals surface area (Å²) in [5, 5.41) is 0. The second-order valence-corrected chi connectivity index (χ2v) is 6.15. The van der Waals surface area contributed by atoms with E-state index >= 15 is 0 Å². The Morgan fingerprint density at radius 3 is 2.95 bits per heavy atom. The van der Waals surface area contributed by atoms with Gasteiger partial charge in [0.15, 0.2) is 11.5 Å². The Bertz CT molecular complexity index is 608. The van der Waals surface area contributed by atoms with Crippen LogP contribution < -0.4 is 15.2 Å².